The molecule has 2 unspecified atom stereocenters. The summed E-state index contributed by atoms with van der Waals surface area (Å²) in [4.78, 5) is 2.53. The first-order valence-electron chi connectivity index (χ1n) is 7.22. The molecule has 0 amide bonds. The van der Waals surface area contributed by atoms with Crippen LogP contribution in [0.15, 0.2) is 0 Å². The van der Waals surface area contributed by atoms with Crippen molar-refractivity contribution in [1.82, 2.24) is 4.90 Å². The number of nitrogens with two attached hydrogens (primary N) is 1. The Morgan fingerprint density at radius 1 is 1.35 bits per heavy atom. The molecule has 2 atom stereocenters. The summed E-state index contributed by atoms with van der Waals surface area (Å²) in [6.07, 6.45) is 5.05. The van der Waals surface area contributed by atoms with Crippen LogP contribution in [-0.4, -0.2) is 43.3 Å². The van der Waals surface area contributed by atoms with Gasteiger partial charge in [-0.05, 0) is 33.2 Å². The van der Waals surface area contributed by atoms with Gasteiger partial charge in [0, 0.05) is 31.2 Å². The third-order valence-corrected chi connectivity index (χ3v) is 3.79. The van der Waals surface area contributed by atoms with Gasteiger partial charge in [-0.25, -0.2) is 0 Å². The molecular formula is C14H30N2O. The number of unbranched alkanes of at least 4 members (excludes halogenated alkanes) is 2. The minimum Gasteiger partial charge on any atom is -0.381 e. The molecule has 1 fully saturated rings. The number of hydrogen-bond donors (Lipinski definition) is 1. The molecule has 1 aliphatic heterocycles. The van der Waals surface area contributed by atoms with Crippen LogP contribution in [0.25, 0.3) is 0 Å². The fourth-order valence-electron chi connectivity index (χ4n) is 2.44. The first-order chi connectivity index (χ1) is 8.15. The summed E-state index contributed by atoms with van der Waals surface area (Å²) in [5.41, 5.74) is 6.30. The van der Waals surface area contributed by atoms with E-state index >= 15 is 0 Å². The van der Waals surface area contributed by atoms with Crippen LogP contribution in [0.3, 0.4) is 0 Å². The Morgan fingerprint density at radius 3 is 2.65 bits per heavy atom. The number of rotatable bonds is 8. The van der Waals surface area contributed by atoms with Crippen molar-refractivity contribution in [1.29, 1.82) is 0 Å². The zero-order valence-electron chi connectivity index (χ0n) is 11.8. The highest BCUT2D eigenvalue weighted by molar-refractivity contribution is 4.80. The average molecular weight is 242 g/mol. The maximum Gasteiger partial charge on any atom is 0.0510 e. The highest BCUT2D eigenvalue weighted by atomic mass is 16.5. The fraction of sp³-hybridized carbons (Fsp3) is 1.00. The fourth-order valence-corrected chi connectivity index (χ4v) is 2.44. The smallest absolute Gasteiger partial charge is 0.0510 e. The van der Waals surface area contributed by atoms with Crippen LogP contribution in [0.1, 0.15) is 46.5 Å². The van der Waals surface area contributed by atoms with Crippen molar-refractivity contribution >= 4 is 0 Å². The Balaban J connectivity index is 2.31. The lowest BCUT2D eigenvalue weighted by Crippen LogP contribution is -2.45. The van der Waals surface area contributed by atoms with E-state index in [0.29, 0.717) is 12.0 Å². The summed E-state index contributed by atoms with van der Waals surface area (Å²) in [7, 11) is 0. The molecule has 0 saturated carbocycles. The highest BCUT2D eigenvalue weighted by Crippen LogP contribution is 2.17. The lowest BCUT2D eigenvalue weighted by Gasteiger charge is -2.31. The predicted molar refractivity (Wildman–Crippen MR) is 73.1 cm³/mol. The molecule has 1 aliphatic rings. The molecule has 0 spiro atoms. The second-order valence-electron chi connectivity index (χ2n) is 5.58. The van der Waals surface area contributed by atoms with E-state index in [1.54, 1.807) is 0 Å². The van der Waals surface area contributed by atoms with Crippen LogP contribution < -0.4 is 5.73 Å². The molecule has 0 bridgehead atoms. The van der Waals surface area contributed by atoms with Crippen LogP contribution in [0.5, 0.6) is 0 Å². The van der Waals surface area contributed by atoms with Crippen LogP contribution in [0, 0.1) is 5.92 Å². The first kappa shape index (κ1) is 14.9. The summed E-state index contributed by atoms with van der Waals surface area (Å²) in [5, 5.41) is 0. The van der Waals surface area contributed by atoms with Crippen molar-refractivity contribution in [2.24, 2.45) is 11.7 Å². The van der Waals surface area contributed by atoms with Gasteiger partial charge in [0.25, 0.3) is 0 Å². The van der Waals surface area contributed by atoms with Gasteiger partial charge in [-0.3, -0.25) is 4.90 Å². The van der Waals surface area contributed by atoms with Crippen LogP contribution >= 0.6 is 0 Å². The molecule has 1 rings (SSSR count). The van der Waals surface area contributed by atoms with Crippen LogP contribution in [0.2, 0.25) is 0 Å². The summed E-state index contributed by atoms with van der Waals surface area (Å²) >= 11 is 0. The minimum atomic E-state index is 0.279. The molecule has 0 aromatic heterocycles. The van der Waals surface area contributed by atoms with Crippen LogP contribution in [0.4, 0.5) is 0 Å². The molecule has 0 aromatic carbocycles. The topological polar surface area (TPSA) is 38.5 Å². The van der Waals surface area contributed by atoms with E-state index in [4.69, 9.17) is 10.5 Å². The molecular weight excluding hydrogens is 212 g/mol. The minimum absolute atomic E-state index is 0.279. The second-order valence-corrected chi connectivity index (χ2v) is 5.58. The normalized spacial score (nSPS) is 22.6. The quantitative estimate of drug-likeness (QED) is 0.664. The lowest BCUT2D eigenvalue weighted by atomic mass is 9.99. The third kappa shape index (κ3) is 5.36. The van der Waals surface area contributed by atoms with Gasteiger partial charge in [-0.1, -0.05) is 19.8 Å². The number of hydrogen-bond acceptors (Lipinski definition) is 3. The standard InChI is InChI=1S/C14H30N2O/c1-4-5-6-8-16(12(2)3)10-14(15)13-7-9-17-11-13/h12-14H,4-11,15H2,1-3H3. The van der Waals surface area contributed by atoms with Gasteiger partial charge in [-0.15, -0.1) is 0 Å². The SMILES string of the molecule is CCCCCN(CC(N)C1CCOC1)C(C)C. The van der Waals surface area contributed by atoms with Gasteiger partial charge >= 0.3 is 0 Å². The molecule has 3 nitrogen and oxygen atoms in total. The Kier molecular flexibility index (Phi) is 7.09. The molecule has 3 heteroatoms. The van der Waals surface area contributed by atoms with Crippen LogP contribution in [-0.2, 0) is 4.74 Å². The summed E-state index contributed by atoms with van der Waals surface area (Å²) in [6.45, 7) is 10.8. The maximum atomic E-state index is 6.30. The zero-order valence-corrected chi connectivity index (χ0v) is 11.8. The maximum absolute atomic E-state index is 6.30. The van der Waals surface area contributed by atoms with E-state index in [0.717, 1.165) is 26.2 Å². The van der Waals surface area contributed by atoms with E-state index < -0.39 is 0 Å². The molecule has 0 aliphatic carbocycles. The van der Waals surface area contributed by atoms with E-state index in [9.17, 15) is 0 Å². The summed E-state index contributed by atoms with van der Waals surface area (Å²) < 4.78 is 5.42. The second kappa shape index (κ2) is 8.06. The van der Waals surface area contributed by atoms with Crippen molar-refractivity contribution in [3.05, 3.63) is 0 Å². The highest BCUT2D eigenvalue weighted by Gasteiger charge is 2.25. The number of nitrogens with zero attached hydrogens (tertiary/aromatic N) is 1. The number of ether oxygens (including phenoxy) is 1. The molecule has 102 valence electrons. The Hall–Kier alpha value is -0.120. The van der Waals surface area contributed by atoms with Gasteiger partial charge in [0.15, 0.2) is 0 Å². The van der Waals surface area contributed by atoms with Crippen molar-refractivity contribution in [3.63, 3.8) is 0 Å². The monoisotopic (exact) mass is 242 g/mol. The largest absolute Gasteiger partial charge is 0.381 e. The molecule has 0 aromatic rings. The summed E-state index contributed by atoms with van der Waals surface area (Å²) in [5.74, 6) is 0.572. The predicted octanol–water partition coefficient (Wildman–Crippen LogP) is 2.25. The van der Waals surface area contributed by atoms with Gasteiger partial charge in [0.05, 0.1) is 6.61 Å². The van der Waals surface area contributed by atoms with Gasteiger partial charge in [0.1, 0.15) is 0 Å². The van der Waals surface area contributed by atoms with Gasteiger partial charge in [-0.2, -0.15) is 0 Å². The van der Waals surface area contributed by atoms with Crippen molar-refractivity contribution in [3.8, 4) is 0 Å². The Morgan fingerprint density at radius 2 is 2.12 bits per heavy atom. The van der Waals surface area contributed by atoms with Crippen molar-refractivity contribution in [2.75, 3.05) is 26.3 Å². The van der Waals surface area contributed by atoms with E-state index in [-0.39, 0.29) is 6.04 Å². The van der Waals surface area contributed by atoms with E-state index in [1.807, 2.05) is 0 Å². The van der Waals surface area contributed by atoms with Gasteiger partial charge < -0.3 is 10.5 Å². The molecule has 2 N–H and O–H groups in total. The van der Waals surface area contributed by atoms with Gasteiger partial charge in [0.2, 0.25) is 0 Å². The summed E-state index contributed by atoms with van der Waals surface area (Å²) in [6, 6.07) is 0.877. The Bertz CT molecular complexity index is 191. The Labute approximate surface area is 107 Å². The lowest BCUT2D eigenvalue weighted by molar-refractivity contribution is 0.158. The molecule has 1 heterocycles. The third-order valence-electron chi connectivity index (χ3n) is 3.79. The average Bonchev–Trinajstić information content (AvgIpc) is 2.81. The van der Waals surface area contributed by atoms with Crippen molar-refractivity contribution in [2.45, 2.75) is 58.5 Å². The van der Waals surface area contributed by atoms with E-state index in [2.05, 4.69) is 25.7 Å². The molecule has 1 saturated heterocycles. The molecule has 0 radical (unpaired) electrons. The zero-order chi connectivity index (χ0) is 12.7. The molecule has 17 heavy (non-hydrogen) atoms. The first-order valence-corrected chi connectivity index (χ1v) is 7.22. The van der Waals surface area contributed by atoms with E-state index in [1.165, 1.54) is 25.8 Å². The van der Waals surface area contributed by atoms with Crippen molar-refractivity contribution < 1.29 is 4.74 Å².